The van der Waals surface area contributed by atoms with Crippen LogP contribution in [0.3, 0.4) is 0 Å². The molecule has 2 aliphatic rings. The third-order valence-corrected chi connectivity index (χ3v) is 3.53. The van der Waals surface area contributed by atoms with E-state index in [1.807, 2.05) is 0 Å². The van der Waals surface area contributed by atoms with Crippen LogP contribution in [0.15, 0.2) is 0 Å². The van der Waals surface area contributed by atoms with Crippen molar-refractivity contribution in [1.29, 1.82) is 0 Å². The van der Waals surface area contributed by atoms with Crippen molar-refractivity contribution in [3.63, 3.8) is 0 Å². The first-order valence-electron chi connectivity index (χ1n) is 5.24. The molecule has 1 atom stereocenters. The number of hydrogen-bond acceptors (Lipinski definition) is 2. The smallest absolute Gasteiger partial charge is 0.0811 e. The molecule has 1 aliphatic heterocycles. The van der Waals surface area contributed by atoms with Crippen molar-refractivity contribution >= 4 is 12.4 Å². The zero-order chi connectivity index (χ0) is 8.44. The number of hydrogen-bond donors (Lipinski definition) is 2. The summed E-state index contributed by atoms with van der Waals surface area (Å²) >= 11 is 0. The molecule has 78 valence electrons. The Kier molecular flexibility index (Phi) is 4.02. The molecule has 1 unspecified atom stereocenters. The first-order chi connectivity index (χ1) is 5.81. The van der Waals surface area contributed by atoms with Crippen LogP contribution in [0.1, 0.15) is 38.5 Å². The fourth-order valence-corrected chi connectivity index (χ4v) is 2.69. The molecule has 0 aromatic carbocycles. The Morgan fingerprint density at radius 2 is 1.85 bits per heavy atom. The molecule has 0 bridgehead atoms. The molecular formula is C10H20ClNO. The maximum Gasteiger partial charge on any atom is 0.0811 e. The molecular weight excluding hydrogens is 186 g/mol. The highest BCUT2D eigenvalue weighted by atomic mass is 35.5. The van der Waals surface area contributed by atoms with E-state index in [-0.39, 0.29) is 18.0 Å². The average Bonchev–Trinajstić information content (AvgIpc) is 2.55. The fraction of sp³-hybridized carbons (Fsp3) is 1.00. The summed E-state index contributed by atoms with van der Waals surface area (Å²) in [6.45, 7) is 1.84. The van der Waals surface area contributed by atoms with Gasteiger partial charge in [-0.15, -0.1) is 12.4 Å². The summed E-state index contributed by atoms with van der Waals surface area (Å²) in [6, 6.07) is 0. The molecule has 2 nitrogen and oxygen atoms in total. The van der Waals surface area contributed by atoms with E-state index >= 15 is 0 Å². The maximum absolute atomic E-state index is 10.3. The molecule has 0 amide bonds. The molecule has 0 radical (unpaired) electrons. The monoisotopic (exact) mass is 205 g/mol. The summed E-state index contributed by atoms with van der Waals surface area (Å²) in [7, 11) is 0. The first kappa shape index (κ1) is 11.3. The van der Waals surface area contributed by atoms with Crippen LogP contribution in [0.2, 0.25) is 0 Å². The van der Waals surface area contributed by atoms with Crippen molar-refractivity contribution in [1.82, 2.24) is 5.32 Å². The van der Waals surface area contributed by atoms with E-state index in [4.69, 9.17) is 0 Å². The van der Waals surface area contributed by atoms with Crippen LogP contribution >= 0.6 is 12.4 Å². The maximum atomic E-state index is 10.3. The SMILES string of the molecule is Cl.OC1(C2CCCCC2)CCNC1. The van der Waals surface area contributed by atoms with Gasteiger partial charge in [-0.3, -0.25) is 0 Å². The van der Waals surface area contributed by atoms with Gasteiger partial charge in [0, 0.05) is 6.54 Å². The highest BCUT2D eigenvalue weighted by Crippen LogP contribution is 2.35. The number of aliphatic hydroxyl groups is 1. The van der Waals surface area contributed by atoms with E-state index in [1.54, 1.807) is 0 Å². The van der Waals surface area contributed by atoms with E-state index in [0.717, 1.165) is 19.5 Å². The van der Waals surface area contributed by atoms with Crippen molar-refractivity contribution in [3.05, 3.63) is 0 Å². The molecule has 0 aromatic heterocycles. The Morgan fingerprint density at radius 1 is 1.15 bits per heavy atom. The molecule has 2 fully saturated rings. The Morgan fingerprint density at radius 3 is 2.38 bits per heavy atom. The van der Waals surface area contributed by atoms with Gasteiger partial charge < -0.3 is 10.4 Å². The van der Waals surface area contributed by atoms with Crippen LogP contribution in [-0.2, 0) is 0 Å². The van der Waals surface area contributed by atoms with E-state index < -0.39 is 0 Å². The van der Waals surface area contributed by atoms with Gasteiger partial charge in [-0.1, -0.05) is 19.3 Å². The predicted molar refractivity (Wildman–Crippen MR) is 56.3 cm³/mol. The second-order valence-corrected chi connectivity index (χ2v) is 4.37. The van der Waals surface area contributed by atoms with Gasteiger partial charge >= 0.3 is 0 Å². The van der Waals surface area contributed by atoms with Crippen molar-refractivity contribution in [3.8, 4) is 0 Å². The molecule has 0 spiro atoms. The minimum absolute atomic E-state index is 0. The number of β-amino-alcohol motifs (C(OH)–C–C–N with tert-alkyl or cyclic N) is 1. The molecule has 0 aromatic rings. The minimum atomic E-state index is -0.347. The van der Waals surface area contributed by atoms with Crippen molar-refractivity contribution in [2.45, 2.75) is 44.1 Å². The molecule has 1 aliphatic carbocycles. The second kappa shape index (κ2) is 4.63. The average molecular weight is 206 g/mol. The number of halogens is 1. The second-order valence-electron chi connectivity index (χ2n) is 4.37. The Hall–Kier alpha value is 0.210. The molecule has 2 rings (SSSR count). The quantitative estimate of drug-likeness (QED) is 0.683. The van der Waals surface area contributed by atoms with E-state index in [9.17, 15) is 5.11 Å². The molecule has 1 saturated carbocycles. The third kappa shape index (κ3) is 2.36. The van der Waals surface area contributed by atoms with Crippen molar-refractivity contribution < 1.29 is 5.11 Å². The summed E-state index contributed by atoms with van der Waals surface area (Å²) < 4.78 is 0. The van der Waals surface area contributed by atoms with Gasteiger partial charge in [-0.25, -0.2) is 0 Å². The van der Waals surface area contributed by atoms with Gasteiger partial charge in [0.2, 0.25) is 0 Å². The van der Waals surface area contributed by atoms with Gasteiger partial charge in [0.25, 0.3) is 0 Å². The molecule has 1 heterocycles. The number of rotatable bonds is 1. The lowest BCUT2D eigenvalue weighted by Gasteiger charge is -2.34. The first-order valence-corrected chi connectivity index (χ1v) is 5.24. The van der Waals surface area contributed by atoms with Crippen LogP contribution in [0, 0.1) is 5.92 Å². The normalized spacial score (nSPS) is 35.8. The summed E-state index contributed by atoms with van der Waals surface area (Å²) in [6.07, 6.45) is 7.49. The van der Waals surface area contributed by atoms with Crippen molar-refractivity contribution in [2.75, 3.05) is 13.1 Å². The summed E-state index contributed by atoms with van der Waals surface area (Å²) in [5.74, 6) is 0.584. The molecule has 1 saturated heterocycles. The number of nitrogens with one attached hydrogen (secondary N) is 1. The molecule has 3 heteroatoms. The van der Waals surface area contributed by atoms with E-state index in [1.165, 1.54) is 32.1 Å². The zero-order valence-electron chi connectivity index (χ0n) is 8.09. The Labute approximate surface area is 86.5 Å². The summed E-state index contributed by atoms with van der Waals surface area (Å²) in [5, 5.41) is 13.5. The standard InChI is InChI=1S/C10H19NO.ClH/c12-10(6-7-11-8-10)9-4-2-1-3-5-9;/h9,11-12H,1-8H2;1H. The Balaban J connectivity index is 0.000000845. The van der Waals surface area contributed by atoms with Crippen molar-refractivity contribution in [2.24, 2.45) is 5.92 Å². The largest absolute Gasteiger partial charge is 0.388 e. The zero-order valence-corrected chi connectivity index (χ0v) is 8.91. The highest BCUT2D eigenvalue weighted by Gasteiger charge is 2.39. The van der Waals surface area contributed by atoms with Gasteiger partial charge in [0.15, 0.2) is 0 Å². The van der Waals surface area contributed by atoms with Crippen LogP contribution in [0.5, 0.6) is 0 Å². The lowest BCUT2D eigenvalue weighted by molar-refractivity contribution is -0.0149. The topological polar surface area (TPSA) is 32.3 Å². The lowest BCUT2D eigenvalue weighted by atomic mass is 9.76. The fourth-order valence-electron chi connectivity index (χ4n) is 2.69. The summed E-state index contributed by atoms with van der Waals surface area (Å²) in [4.78, 5) is 0. The van der Waals surface area contributed by atoms with Gasteiger partial charge in [-0.2, -0.15) is 0 Å². The highest BCUT2D eigenvalue weighted by molar-refractivity contribution is 5.85. The van der Waals surface area contributed by atoms with Gasteiger partial charge in [0.05, 0.1) is 5.60 Å². The van der Waals surface area contributed by atoms with Crippen LogP contribution in [-0.4, -0.2) is 23.8 Å². The summed E-state index contributed by atoms with van der Waals surface area (Å²) in [5.41, 5.74) is -0.347. The van der Waals surface area contributed by atoms with Crippen LogP contribution < -0.4 is 5.32 Å². The van der Waals surface area contributed by atoms with E-state index in [0.29, 0.717) is 5.92 Å². The van der Waals surface area contributed by atoms with Gasteiger partial charge in [-0.05, 0) is 31.7 Å². The molecule has 13 heavy (non-hydrogen) atoms. The Bertz CT molecular complexity index is 151. The van der Waals surface area contributed by atoms with Crippen LogP contribution in [0.4, 0.5) is 0 Å². The lowest BCUT2D eigenvalue weighted by Crippen LogP contribution is -2.40. The van der Waals surface area contributed by atoms with E-state index in [2.05, 4.69) is 5.32 Å². The van der Waals surface area contributed by atoms with Crippen LogP contribution in [0.25, 0.3) is 0 Å². The predicted octanol–water partition coefficient (Wildman–Crippen LogP) is 1.71. The third-order valence-electron chi connectivity index (χ3n) is 3.53. The van der Waals surface area contributed by atoms with Gasteiger partial charge in [0.1, 0.15) is 0 Å². The minimum Gasteiger partial charge on any atom is -0.388 e. The molecule has 2 N–H and O–H groups in total.